The molecule has 1 saturated carbocycles. The molecule has 1 aliphatic carbocycles. The van der Waals surface area contributed by atoms with Crippen molar-refractivity contribution >= 4 is 10.2 Å². The fourth-order valence-electron chi connectivity index (χ4n) is 3.21. The van der Waals surface area contributed by atoms with Gasteiger partial charge in [0.05, 0.1) is 0 Å². The van der Waals surface area contributed by atoms with Crippen molar-refractivity contribution in [3.63, 3.8) is 0 Å². The SMILES string of the molecule is CCCNS(=O)(=O)N1CCN(CC2CCCCC2)CC1. The van der Waals surface area contributed by atoms with Crippen molar-refractivity contribution in [2.24, 2.45) is 5.92 Å². The molecule has 118 valence electrons. The molecule has 2 aliphatic rings. The zero-order valence-electron chi connectivity index (χ0n) is 12.7. The van der Waals surface area contributed by atoms with Crippen LogP contribution in [-0.2, 0) is 10.2 Å². The normalized spacial score (nSPS) is 24.1. The van der Waals surface area contributed by atoms with E-state index in [0.717, 1.165) is 32.0 Å². The Bertz CT molecular complexity index is 372. The lowest BCUT2D eigenvalue weighted by Crippen LogP contribution is -2.52. The molecule has 6 heteroatoms. The first kappa shape index (κ1) is 16.2. The lowest BCUT2D eigenvalue weighted by molar-refractivity contribution is 0.149. The molecule has 0 unspecified atom stereocenters. The second-order valence-electron chi connectivity index (χ2n) is 6.10. The third kappa shape index (κ3) is 4.69. The Morgan fingerprint density at radius 2 is 1.70 bits per heavy atom. The first-order valence-corrected chi connectivity index (χ1v) is 9.53. The summed E-state index contributed by atoms with van der Waals surface area (Å²) in [4.78, 5) is 2.45. The summed E-state index contributed by atoms with van der Waals surface area (Å²) in [6.07, 6.45) is 7.69. The van der Waals surface area contributed by atoms with Crippen molar-refractivity contribution in [2.75, 3.05) is 39.3 Å². The third-order valence-corrected chi connectivity index (χ3v) is 6.06. The maximum Gasteiger partial charge on any atom is 0.279 e. The molecule has 0 radical (unpaired) electrons. The highest BCUT2D eigenvalue weighted by atomic mass is 32.2. The maximum absolute atomic E-state index is 12.0. The van der Waals surface area contributed by atoms with Crippen LogP contribution in [0.3, 0.4) is 0 Å². The highest BCUT2D eigenvalue weighted by molar-refractivity contribution is 7.87. The second kappa shape index (κ2) is 7.73. The molecular formula is C14H29N3O2S. The minimum atomic E-state index is -3.25. The largest absolute Gasteiger partial charge is 0.300 e. The lowest BCUT2D eigenvalue weighted by Gasteiger charge is -2.36. The molecule has 0 atom stereocenters. The summed E-state index contributed by atoms with van der Waals surface area (Å²) < 4.78 is 28.3. The molecule has 1 N–H and O–H groups in total. The van der Waals surface area contributed by atoms with E-state index in [1.54, 1.807) is 4.31 Å². The van der Waals surface area contributed by atoms with Crippen LogP contribution in [0.1, 0.15) is 45.4 Å². The Morgan fingerprint density at radius 3 is 2.30 bits per heavy atom. The van der Waals surface area contributed by atoms with Crippen molar-refractivity contribution in [1.29, 1.82) is 0 Å². The standard InChI is InChI=1S/C14H29N3O2S/c1-2-8-15-20(18,19)17-11-9-16(10-12-17)13-14-6-4-3-5-7-14/h14-15H,2-13H2,1H3. The van der Waals surface area contributed by atoms with Gasteiger partial charge in [0.15, 0.2) is 0 Å². The summed E-state index contributed by atoms with van der Waals surface area (Å²) in [5.74, 6) is 0.838. The van der Waals surface area contributed by atoms with Gasteiger partial charge in [0.2, 0.25) is 0 Å². The molecule has 0 bridgehead atoms. The topological polar surface area (TPSA) is 52.7 Å². The van der Waals surface area contributed by atoms with Gasteiger partial charge in [-0.15, -0.1) is 0 Å². The van der Waals surface area contributed by atoms with Gasteiger partial charge in [-0.2, -0.15) is 12.7 Å². The summed E-state index contributed by atoms with van der Waals surface area (Å²) in [5, 5.41) is 0. The first-order valence-electron chi connectivity index (χ1n) is 8.09. The molecule has 1 saturated heterocycles. The zero-order valence-corrected chi connectivity index (χ0v) is 13.5. The summed E-state index contributed by atoms with van der Waals surface area (Å²) in [6.45, 7) is 6.69. The van der Waals surface area contributed by atoms with Gasteiger partial charge < -0.3 is 4.90 Å². The van der Waals surface area contributed by atoms with Gasteiger partial charge in [0.1, 0.15) is 0 Å². The van der Waals surface area contributed by atoms with Gasteiger partial charge in [-0.1, -0.05) is 26.2 Å². The van der Waals surface area contributed by atoms with Crippen LogP contribution in [0.4, 0.5) is 0 Å². The summed E-state index contributed by atoms with van der Waals surface area (Å²) in [7, 11) is -3.25. The van der Waals surface area contributed by atoms with Crippen molar-refractivity contribution in [1.82, 2.24) is 13.9 Å². The number of piperazine rings is 1. The van der Waals surface area contributed by atoms with Crippen LogP contribution in [-0.4, -0.2) is 56.9 Å². The minimum absolute atomic E-state index is 0.532. The molecule has 2 rings (SSSR count). The molecule has 20 heavy (non-hydrogen) atoms. The molecule has 0 spiro atoms. The van der Waals surface area contributed by atoms with Crippen LogP contribution in [0.2, 0.25) is 0 Å². The molecule has 2 fully saturated rings. The predicted molar refractivity (Wildman–Crippen MR) is 81.8 cm³/mol. The van der Waals surface area contributed by atoms with E-state index in [2.05, 4.69) is 9.62 Å². The first-order chi connectivity index (χ1) is 9.62. The number of nitrogens with one attached hydrogen (secondary N) is 1. The minimum Gasteiger partial charge on any atom is -0.300 e. The predicted octanol–water partition coefficient (Wildman–Crippen LogP) is 1.43. The molecule has 1 aliphatic heterocycles. The Balaban J connectivity index is 1.74. The van der Waals surface area contributed by atoms with Crippen LogP contribution in [0.15, 0.2) is 0 Å². The molecule has 1 heterocycles. The van der Waals surface area contributed by atoms with Crippen molar-refractivity contribution in [2.45, 2.75) is 45.4 Å². The quantitative estimate of drug-likeness (QED) is 0.807. The summed E-state index contributed by atoms with van der Waals surface area (Å²) in [5.41, 5.74) is 0. The van der Waals surface area contributed by atoms with E-state index < -0.39 is 10.2 Å². The van der Waals surface area contributed by atoms with E-state index >= 15 is 0 Å². The van der Waals surface area contributed by atoms with E-state index in [-0.39, 0.29) is 0 Å². The van der Waals surface area contributed by atoms with Crippen LogP contribution in [0.5, 0.6) is 0 Å². The van der Waals surface area contributed by atoms with E-state index in [4.69, 9.17) is 0 Å². The monoisotopic (exact) mass is 303 g/mol. The van der Waals surface area contributed by atoms with Gasteiger partial charge in [0, 0.05) is 39.3 Å². The lowest BCUT2D eigenvalue weighted by atomic mass is 9.89. The van der Waals surface area contributed by atoms with Crippen LogP contribution in [0, 0.1) is 5.92 Å². The molecule has 0 amide bonds. The zero-order chi connectivity index (χ0) is 14.4. The Hall–Kier alpha value is -0.170. The molecular weight excluding hydrogens is 274 g/mol. The highest BCUT2D eigenvalue weighted by Crippen LogP contribution is 2.24. The number of hydrogen-bond acceptors (Lipinski definition) is 3. The number of hydrogen-bond donors (Lipinski definition) is 1. The van der Waals surface area contributed by atoms with Gasteiger partial charge in [0.25, 0.3) is 10.2 Å². The average Bonchev–Trinajstić information content (AvgIpc) is 2.47. The molecule has 0 aromatic rings. The average molecular weight is 303 g/mol. The Labute approximate surface area is 123 Å². The third-order valence-electron chi connectivity index (χ3n) is 4.45. The van der Waals surface area contributed by atoms with Gasteiger partial charge in [-0.25, -0.2) is 4.72 Å². The summed E-state index contributed by atoms with van der Waals surface area (Å²) in [6, 6.07) is 0. The van der Waals surface area contributed by atoms with Crippen LogP contribution >= 0.6 is 0 Å². The van der Waals surface area contributed by atoms with E-state index in [0.29, 0.717) is 19.6 Å². The van der Waals surface area contributed by atoms with Crippen molar-refractivity contribution in [3.05, 3.63) is 0 Å². The number of nitrogens with zero attached hydrogens (tertiary/aromatic N) is 2. The van der Waals surface area contributed by atoms with E-state index in [1.165, 1.54) is 32.1 Å². The van der Waals surface area contributed by atoms with Crippen LogP contribution < -0.4 is 4.72 Å². The smallest absolute Gasteiger partial charge is 0.279 e. The van der Waals surface area contributed by atoms with Gasteiger partial charge in [-0.3, -0.25) is 0 Å². The van der Waals surface area contributed by atoms with Crippen molar-refractivity contribution in [3.8, 4) is 0 Å². The Kier molecular flexibility index (Phi) is 6.26. The van der Waals surface area contributed by atoms with E-state index in [9.17, 15) is 8.42 Å². The molecule has 0 aromatic heterocycles. The molecule has 5 nitrogen and oxygen atoms in total. The number of rotatable bonds is 6. The summed E-state index contributed by atoms with van der Waals surface area (Å²) >= 11 is 0. The maximum atomic E-state index is 12.0. The molecule has 0 aromatic carbocycles. The van der Waals surface area contributed by atoms with Crippen molar-refractivity contribution < 1.29 is 8.42 Å². The van der Waals surface area contributed by atoms with Crippen LogP contribution in [0.25, 0.3) is 0 Å². The fourth-order valence-corrected chi connectivity index (χ4v) is 4.50. The van der Waals surface area contributed by atoms with E-state index in [1.807, 2.05) is 6.92 Å². The van der Waals surface area contributed by atoms with Gasteiger partial charge in [-0.05, 0) is 25.2 Å². The fraction of sp³-hybridized carbons (Fsp3) is 1.00. The highest BCUT2D eigenvalue weighted by Gasteiger charge is 2.27. The Morgan fingerprint density at radius 1 is 1.05 bits per heavy atom. The van der Waals surface area contributed by atoms with Gasteiger partial charge >= 0.3 is 0 Å². The second-order valence-corrected chi connectivity index (χ2v) is 7.86.